The zero-order valence-corrected chi connectivity index (χ0v) is 16.5. The molecule has 1 aromatic rings. The van der Waals surface area contributed by atoms with Gasteiger partial charge in [0.15, 0.2) is 5.82 Å². The fourth-order valence-corrected chi connectivity index (χ4v) is 5.58. The Kier molecular flexibility index (Phi) is 6.40. The van der Waals surface area contributed by atoms with Crippen molar-refractivity contribution in [3.8, 4) is 0 Å². The first kappa shape index (κ1) is 20.5. The number of aliphatic hydroxyl groups excluding tert-OH is 1. The van der Waals surface area contributed by atoms with Gasteiger partial charge in [-0.2, -0.15) is 4.31 Å². The van der Waals surface area contributed by atoms with Gasteiger partial charge in [-0.05, 0) is 50.7 Å². The Morgan fingerprint density at radius 2 is 1.93 bits per heavy atom. The largest absolute Gasteiger partial charge is 0.393 e. The van der Waals surface area contributed by atoms with E-state index in [0.29, 0.717) is 25.7 Å². The molecule has 6 nitrogen and oxygen atoms in total. The summed E-state index contributed by atoms with van der Waals surface area (Å²) in [5.41, 5.74) is 0. The molecule has 0 aromatic heterocycles. The van der Waals surface area contributed by atoms with Crippen LogP contribution in [0, 0.1) is 11.7 Å². The second-order valence-corrected chi connectivity index (χ2v) is 9.58. The highest BCUT2D eigenvalue weighted by molar-refractivity contribution is 7.89. The quantitative estimate of drug-likeness (QED) is 0.785. The third-order valence-corrected chi connectivity index (χ3v) is 7.51. The number of hydrogen-bond acceptors (Lipinski definition) is 4. The van der Waals surface area contributed by atoms with Crippen LogP contribution in [0.2, 0.25) is 5.02 Å². The minimum Gasteiger partial charge on any atom is -0.393 e. The summed E-state index contributed by atoms with van der Waals surface area (Å²) in [7, 11) is -4.06. The first-order chi connectivity index (χ1) is 12.8. The van der Waals surface area contributed by atoms with Gasteiger partial charge in [0.2, 0.25) is 15.9 Å². The highest BCUT2D eigenvalue weighted by atomic mass is 35.5. The Labute approximate surface area is 163 Å². The molecule has 27 heavy (non-hydrogen) atoms. The lowest BCUT2D eigenvalue weighted by molar-refractivity contribution is -0.127. The van der Waals surface area contributed by atoms with Crippen molar-refractivity contribution in [2.45, 2.75) is 55.6 Å². The van der Waals surface area contributed by atoms with Gasteiger partial charge in [0, 0.05) is 19.1 Å². The van der Waals surface area contributed by atoms with E-state index >= 15 is 0 Å². The molecule has 1 atom stereocenters. The number of carbonyl (C=O) groups is 1. The molecule has 1 aliphatic heterocycles. The average Bonchev–Trinajstić information content (AvgIpc) is 2.65. The number of piperidine rings is 1. The SMILES string of the molecule is O=C(N[C@H]1CC[C@H](O)CC1)[C@H]1CCCN(S(=O)(=O)c2cccc(Cl)c2F)C1. The molecule has 1 aromatic carbocycles. The van der Waals surface area contributed by atoms with E-state index in [2.05, 4.69) is 5.32 Å². The molecule has 2 fully saturated rings. The van der Waals surface area contributed by atoms with Gasteiger partial charge in [0.05, 0.1) is 17.0 Å². The van der Waals surface area contributed by atoms with E-state index in [1.807, 2.05) is 0 Å². The Balaban J connectivity index is 1.68. The van der Waals surface area contributed by atoms with Crippen molar-refractivity contribution < 1.29 is 22.7 Å². The summed E-state index contributed by atoms with van der Waals surface area (Å²) >= 11 is 5.72. The molecule has 2 aliphatic rings. The normalized spacial score (nSPS) is 27.3. The lowest BCUT2D eigenvalue weighted by atomic mass is 9.92. The molecular formula is C18H24ClFN2O4S. The molecule has 150 valence electrons. The lowest BCUT2D eigenvalue weighted by Gasteiger charge is -2.33. The molecule has 0 radical (unpaired) electrons. The van der Waals surface area contributed by atoms with Crippen LogP contribution in [-0.4, -0.2) is 49.0 Å². The molecule has 9 heteroatoms. The first-order valence-corrected chi connectivity index (χ1v) is 11.0. The van der Waals surface area contributed by atoms with Gasteiger partial charge < -0.3 is 10.4 Å². The zero-order valence-electron chi connectivity index (χ0n) is 14.9. The van der Waals surface area contributed by atoms with Crippen LogP contribution in [0.3, 0.4) is 0 Å². The molecule has 1 saturated heterocycles. The van der Waals surface area contributed by atoms with Crippen LogP contribution in [0.4, 0.5) is 4.39 Å². The molecular weight excluding hydrogens is 395 g/mol. The number of aliphatic hydroxyl groups is 1. The van der Waals surface area contributed by atoms with Crippen molar-refractivity contribution >= 4 is 27.5 Å². The summed E-state index contributed by atoms with van der Waals surface area (Å²) in [6, 6.07) is 3.89. The van der Waals surface area contributed by atoms with Gasteiger partial charge in [-0.25, -0.2) is 12.8 Å². The molecule has 0 spiro atoms. The van der Waals surface area contributed by atoms with Crippen molar-refractivity contribution in [3.05, 3.63) is 29.0 Å². The number of rotatable bonds is 4. The second-order valence-electron chi connectivity index (χ2n) is 7.27. The molecule has 1 amide bonds. The number of nitrogens with one attached hydrogen (secondary N) is 1. The van der Waals surface area contributed by atoms with Gasteiger partial charge in [0.1, 0.15) is 4.90 Å². The van der Waals surface area contributed by atoms with E-state index in [0.717, 1.165) is 12.8 Å². The summed E-state index contributed by atoms with van der Waals surface area (Å²) in [5.74, 6) is -1.61. The minimum absolute atomic E-state index is 0.0123. The molecule has 3 rings (SSSR count). The highest BCUT2D eigenvalue weighted by Crippen LogP contribution is 2.28. The van der Waals surface area contributed by atoms with Crippen LogP contribution >= 0.6 is 11.6 Å². The lowest BCUT2D eigenvalue weighted by Crippen LogP contribution is -2.48. The number of hydrogen-bond donors (Lipinski definition) is 2. The van der Waals surface area contributed by atoms with Crippen molar-refractivity contribution in [1.82, 2.24) is 9.62 Å². The molecule has 1 aliphatic carbocycles. The number of sulfonamides is 1. The predicted octanol–water partition coefficient (Wildman–Crippen LogP) is 2.30. The van der Waals surface area contributed by atoms with Gasteiger partial charge >= 0.3 is 0 Å². The Bertz CT molecular complexity index is 797. The monoisotopic (exact) mass is 418 g/mol. The summed E-state index contributed by atoms with van der Waals surface area (Å²) in [6.45, 7) is 0.267. The number of benzene rings is 1. The summed E-state index contributed by atoms with van der Waals surface area (Å²) in [6.07, 6.45) is 3.56. The van der Waals surface area contributed by atoms with Crippen LogP contribution in [0.5, 0.6) is 0 Å². The predicted molar refractivity (Wildman–Crippen MR) is 99.3 cm³/mol. The maximum atomic E-state index is 14.2. The standard InChI is InChI=1S/C18H24ClFN2O4S/c19-15-4-1-5-16(17(15)20)27(25,26)22-10-2-3-12(11-22)18(24)21-13-6-8-14(23)9-7-13/h1,4-5,12-14,23H,2-3,6-11H2,(H,21,24)/t12-,13-,14-/m0/s1. The molecule has 0 bridgehead atoms. The maximum absolute atomic E-state index is 14.2. The van der Waals surface area contributed by atoms with E-state index in [9.17, 15) is 22.7 Å². The van der Waals surface area contributed by atoms with Gasteiger partial charge in [-0.1, -0.05) is 17.7 Å². The molecule has 0 unspecified atom stereocenters. The zero-order chi connectivity index (χ0) is 19.6. The van der Waals surface area contributed by atoms with E-state index in [-0.39, 0.29) is 36.2 Å². The second kappa shape index (κ2) is 8.43. The molecule has 1 saturated carbocycles. The number of halogens is 2. The van der Waals surface area contributed by atoms with Crippen molar-refractivity contribution in [2.75, 3.05) is 13.1 Å². The third kappa shape index (κ3) is 4.62. The van der Waals surface area contributed by atoms with Crippen LogP contribution in [0.15, 0.2) is 23.1 Å². The van der Waals surface area contributed by atoms with Crippen LogP contribution < -0.4 is 5.32 Å². The van der Waals surface area contributed by atoms with Crippen LogP contribution in [0.25, 0.3) is 0 Å². The summed E-state index contributed by atoms with van der Waals surface area (Å²) in [4.78, 5) is 12.1. The topological polar surface area (TPSA) is 86.7 Å². The van der Waals surface area contributed by atoms with E-state index in [1.165, 1.54) is 22.5 Å². The smallest absolute Gasteiger partial charge is 0.246 e. The van der Waals surface area contributed by atoms with E-state index in [4.69, 9.17) is 11.6 Å². The Hall–Kier alpha value is -1.22. The Morgan fingerprint density at radius 3 is 2.63 bits per heavy atom. The van der Waals surface area contributed by atoms with Crippen molar-refractivity contribution in [1.29, 1.82) is 0 Å². The average molecular weight is 419 g/mol. The van der Waals surface area contributed by atoms with Crippen LogP contribution in [-0.2, 0) is 14.8 Å². The minimum atomic E-state index is -4.06. The van der Waals surface area contributed by atoms with E-state index in [1.54, 1.807) is 0 Å². The molecule has 2 N–H and O–H groups in total. The summed E-state index contributed by atoms with van der Waals surface area (Å²) < 4.78 is 41.0. The fraction of sp³-hybridized carbons (Fsp3) is 0.611. The van der Waals surface area contributed by atoms with Crippen molar-refractivity contribution in [2.24, 2.45) is 5.92 Å². The van der Waals surface area contributed by atoms with Gasteiger partial charge in [-0.3, -0.25) is 4.79 Å². The number of carbonyl (C=O) groups excluding carboxylic acids is 1. The van der Waals surface area contributed by atoms with Crippen LogP contribution in [0.1, 0.15) is 38.5 Å². The first-order valence-electron chi connectivity index (χ1n) is 9.21. The Morgan fingerprint density at radius 1 is 1.22 bits per heavy atom. The van der Waals surface area contributed by atoms with Gasteiger partial charge in [-0.15, -0.1) is 0 Å². The number of amides is 1. The molecule has 1 heterocycles. The number of nitrogens with zero attached hydrogens (tertiary/aromatic N) is 1. The maximum Gasteiger partial charge on any atom is 0.246 e. The van der Waals surface area contributed by atoms with Crippen molar-refractivity contribution in [3.63, 3.8) is 0 Å². The summed E-state index contributed by atoms with van der Waals surface area (Å²) in [5, 5.41) is 12.3. The fourth-order valence-electron chi connectivity index (χ4n) is 3.74. The van der Waals surface area contributed by atoms with Gasteiger partial charge in [0.25, 0.3) is 0 Å². The third-order valence-electron chi connectivity index (χ3n) is 5.33. The van der Waals surface area contributed by atoms with E-state index < -0.39 is 26.7 Å². The highest BCUT2D eigenvalue weighted by Gasteiger charge is 2.35.